The summed E-state index contributed by atoms with van der Waals surface area (Å²) in [6.45, 7) is 4.21. The molecule has 0 radical (unpaired) electrons. The molecule has 1 heteroatoms. The molecule has 98 valence electrons. The van der Waals surface area contributed by atoms with E-state index >= 15 is 0 Å². The van der Waals surface area contributed by atoms with Crippen molar-refractivity contribution in [2.75, 3.05) is 0 Å². The number of allylic oxidation sites excluding steroid dienone is 7. The van der Waals surface area contributed by atoms with E-state index < -0.39 is 0 Å². The molecule has 19 heavy (non-hydrogen) atoms. The highest BCUT2D eigenvalue weighted by Crippen LogP contribution is 2.35. The molecule has 2 atom stereocenters. The maximum absolute atomic E-state index is 4.84. The molecule has 1 aromatic carbocycles. The third kappa shape index (κ3) is 3.30. The molecule has 0 spiro atoms. The van der Waals surface area contributed by atoms with Crippen LogP contribution >= 0.6 is 12.6 Å². The molecule has 2 rings (SSSR count). The Labute approximate surface area is 121 Å². The first kappa shape index (κ1) is 14.0. The molecule has 0 saturated carbocycles. The molecule has 0 nitrogen and oxygen atoms in total. The molecule has 0 aliphatic heterocycles. The van der Waals surface area contributed by atoms with Crippen LogP contribution in [0.5, 0.6) is 0 Å². The number of benzene rings is 1. The van der Waals surface area contributed by atoms with Gasteiger partial charge in [-0.25, -0.2) is 0 Å². The van der Waals surface area contributed by atoms with E-state index in [1.807, 2.05) is 13.0 Å². The van der Waals surface area contributed by atoms with Gasteiger partial charge in [0.2, 0.25) is 0 Å². The second-order valence-corrected chi connectivity index (χ2v) is 5.34. The van der Waals surface area contributed by atoms with Crippen molar-refractivity contribution in [1.29, 1.82) is 0 Å². The van der Waals surface area contributed by atoms with Gasteiger partial charge in [0.1, 0.15) is 0 Å². The van der Waals surface area contributed by atoms with Crippen LogP contribution in [-0.2, 0) is 0 Å². The fraction of sp³-hybridized carbons (Fsp3) is 0.222. The van der Waals surface area contributed by atoms with E-state index in [4.69, 9.17) is 12.6 Å². The fourth-order valence-corrected chi connectivity index (χ4v) is 2.90. The lowest BCUT2D eigenvalue weighted by Gasteiger charge is -2.26. The summed E-state index contributed by atoms with van der Waals surface area (Å²) in [7, 11) is 0. The van der Waals surface area contributed by atoms with Gasteiger partial charge in [-0.2, -0.15) is 12.6 Å². The number of hydrogen-bond donors (Lipinski definition) is 1. The van der Waals surface area contributed by atoms with Gasteiger partial charge >= 0.3 is 0 Å². The molecule has 2 unspecified atom stereocenters. The summed E-state index contributed by atoms with van der Waals surface area (Å²) >= 11 is 4.84. The SMILES string of the molecule is C/C=C\C=C(/C)C1C=CC=C(c2ccccc2)C1S. The molecule has 0 bridgehead atoms. The summed E-state index contributed by atoms with van der Waals surface area (Å²) in [4.78, 5) is 0. The molecular formula is C18H20S. The van der Waals surface area contributed by atoms with E-state index in [0.717, 1.165) is 0 Å². The standard InChI is InChI=1S/C18H20S/c1-3-4-9-14(2)16-12-8-13-17(18(16)19)15-10-6-5-7-11-15/h3-13,16,18-19H,1-2H3/b4-3-,14-9+. The zero-order chi connectivity index (χ0) is 13.7. The Morgan fingerprint density at radius 3 is 2.63 bits per heavy atom. The van der Waals surface area contributed by atoms with Crippen molar-refractivity contribution in [3.05, 3.63) is 77.9 Å². The Bertz CT molecular complexity index is 532. The monoisotopic (exact) mass is 268 g/mol. The van der Waals surface area contributed by atoms with Crippen LogP contribution in [-0.4, -0.2) is 5.25 Å². The smallest absolute Gasteiger partial charge is 0.0373 e. The van der Waals surface area contributed by atoms with E-state index in [2.05, 4.69) is 67.6 Å². The quantitative estimate of drug-likeness (QED) is 0.574. The summed E-state index contributed by atoms with van der Waals surface area (Å²) in [5.74, 6) is 0.361. The van der Waals surface area contributed by atoms with Gasteiger partial charge in [0.15, 0.2) is 0 Å². The summed E-state index contributed by atoms with van der Waals surface area (Å²) in [6, 6.07) is 10.5. The van der Waals surface area contributed by atoms with Crippen LogP contribution in [0, 0.1) is 5.92 Å². The molecular weight excluding hydrogens is 248 g/mol. The zero-order valence-corrected chi connectivity index (χ0v) is 12.3. The van der Waals surface area contributed by atoms with Gasteiger partial charge in [-0.05, 0) is 25.0 Å². The van der Waals surface area contributed by atoms with Crippen LogP contribution in [0.15, 0.2) is 72.4 Å². The van der Waals surface area contributed by atoms with Crippen molar-refractivity contribution in [3.63, 3.8) is 0 Å². The third-order valence-corrected chi connectivity index (χ3v) is 4.04. The van der Waals surface area contributed by atoms with Crippen LogP contribution in [0.2, 0.25) is 0 Å². The molecule has 0 N–H and O–H groups in total. The average molecular weight is 268 g/mol. The van der Waals surface area contributed by atoms with Crippen molar-refractivity contribution >= 4 is 18.2 Å². The molecule has 0 amide bonds. The molecule has 0 saturated heterocycles. The highest BCUT2D eigenvalue weighted by atomic mass is 32.1. The van der Waals surface area contributed by atoms with Gasteiger partial charge in [-0.1, -0.05) is 72.4 Å². The molecule has 0 fully saturated rings. The lowest BCUT2D eigenvalue weighted by atomic mass is 9.85. The predicted molar refractivity (Wildman–Crippen MR) is 88.4 cm³/mol. The minimum atomic E-state index is 0.217. The van der Waals surface area contributed by atoms with Gasteiger partial charge in [0.05, 0.1) is 0 Å². The third-order valence-electron chi connectivity index (χ3n) is 3.44. The molecule has 1 aliphatic rings. The summed E-state index contributed by atoms with van der Waals surface area (Å²) in [6.07, 6.45) is 12.9. The fourth-order valence-electron chi connectivity index (χ4n) is 2.33. The Balaban J connectivity index is 2.26. The Morgan fingerprint density at radius 1 is 1.21 bits per heavy atom. The Kier molecular flexibility index (Phi) is 4.86. The highest BCUT2D eigenvalue weighted by molar-refractivity contribution is 7.81. The van der Waals surface area contributed by atoms with Gasteiger partial charge in [-0.15, -0.1) is 0 Å². The molecule has 0 aromatic heterocycles. The minimum Gasteiger partial charge on any atom is -0.170 e. The van der Waals surface area contributed by atoms with Gasteiger partial charge < -0.3 is 0 Å². The second-order valence-electron chi connectivity index (χ2n) is 4.78. The van der Waals surface area contributed by atoms with E-state index in [1.165, 1.54) is 16.7 Å². The second kappa shape index (κ2) is 6.63. The normalized spacial score (nSPS) is 23.7. The first-order valence-corrected chi connectivity index (χ1v) is 7.17. The Morgan fingerprint density at radius 2 is 1.95 bits per heavy atom. The van der Waals surface area contributed by atoms with E-state index in [1.54, 1.807) is 0 Å². The maximum atomic E-state index is 4.84. The van der Waals surface area contributed by atoms with Crippen molar-refractivity contribution in [3.8, 4) is 0 Å². The lowest BCUT2D eigenvalue weighted by Crippen LogP contribution is -2.18. The van der Waals surface area contributed by atoms with Crippen LogP contribution in [0.25, 0.3) is 5.57 Å². The summed E-state index contributed by atoms with van der Waals surface area (Å²) < 4.78 is 0. The van der Waals surface area contributed by atoms with Crippen LogP contribution in [0.3, 0.4) is 0 Å². The largest absolute Gasteiger partial charge is 0.170 e. The zero-order valence-electron chi connectivity index (χ0n) is 11.5. The number of hydrogen-bond acceptors (Lipinski definition) is 1. The minimum absolute atomic E-state index is 0.217. The Hall–Kier alpha value is -1.47. The topological polar surface area (TPSA) is 0 Å². The van der Waals surface area contributed by atoms with Crippen molar-refractivity contribution in [2.45, 2.75) is 19.1 Å². The van der Waals surface area contributed by atoms with Crippen LogP contribution in [0.4, 0.5) is 0 Å². The van der Waals surface area contributed by atoms with Gasteiger partial charge in [0, 0.05) is 11.2 Å². The van der Waals surface area contributed by atoms with Crippen molar-refractivity contribution < 1.29 is 0 Å². The van der Waals surface area contributed by atoms with E-state index in [9.17, 15) is 0 Å². The number of rotatable bonds is 3. The first-order valence-electron chi connectivity index (χ1n) is 6.65. The van der Waals surface area contributed by atoms with E-state index in [0.29, 0.717) is 5.92 Å². The summed E-state index contributed by atoms with van der Waals surface area (Å²) in [5, 5.41) is 0.217. The number of thiol groups is 1. The average Bonchev–Trinajstić information content (AvgIpc) is 2.46. The van der Waals surface area contributed by atoms with Crippen LogP contribution in [0.1, 0.15) is 19.4 Å². The van der Waals surface area contributed by atoms with Crippen molar-refractivity contribution in [1.82, 2.24) is 0 Å². The van der Waals surface area contributed by atoms with Gasteiger partial charge in [0.25, 0.3) is 0 Å². The lowest BCUT2D eigenvalue weighted by molar-refractivity contribution is 0.798. The maximum Gasteiger partial charge on any atom is 0.0373 e. The van der Waals surface area contributed by atoms with E-state index in [-0.39, 0.29) is 5.25 Å². The molecule has 1 aromatic rings. The molecule has 0 heterocycles. The van der Waals surface area contributed by atoms with Gasteiger partial charge in [-0.3, -0.25) is 0 Å². The highest BCUT2D eigenvalue weighted by Gasteiger charge is 2.23. The summed E-state index contributed by atoms with van der Waals surface area (Å²) in [5.41, 5.74) is 3.90. The first-order chi connectivity index (χ1) is 9.24. The molecule has 1 aliphatic carbocycles. The van der Waals surface area contributed by atoms with Crippen molar-refractivity contribution in [2.24, 2.45) is 5.92 Å². The predicted octanol–water partition coefficient (Wildman–Crippen LogP) is 5.08. The van der Waals surface area contributed by atoms with Crippen LogP contribution < -0.4 is 0 Å².